The molecule has 25 heavy (non-hydrogen) atoms. The van der Waals surface area contributed by atoms with Gasteiger partial charge in [-0.3, -0.25) is 9.59 Å². The number of hydrogen-bond acceptors (Lipinski definition) is 3. The van der Waals surface area contributed by atoms with Crippen LogP contribution in [-0.4, -0.2) is 53.8 Å². The largest absolute Gasteiger partial charge is 0.341 e. The molecule has 0 spiro atoms. The van der Waals surface area contributed by atoms with Crippen LogP contribution in [0.5, 0.6) is 0 Å². The molecule has 1 fully saturated rings. The van der Waals surface area contributed by atoms with E-state index in [9.17, 15) is 9.59 Å². The van der Waals surface area contributed by atoms with Crippen molar-refractivity contribution < 1.29 is 9.59 Å². The van der Waals surface area contributed by atoms with E-state index in [1.807, 2.05) is 47.1 Å². The summed E-state index contributed by atoms with van der Waals surface area (Å²) in [6, 6.07) is 9.66. The normalized spacial score (nSPS) is 15.9. The molecule has 1 aromatic rings. The number of nitrogens with two attached hydrogens (primary N) is 1. The maximum Gasteiger partial charge on any atom is 0.239 e. The van der Waals surface area contributed by atoms with Gasteiger partial charge in [-0.15, -0.1) is 12.4 Å². The smallest absolute Gasteiger partial charge is 0.239 e. The lowest BCUT2D eigenvalue weighted by Gasteiger charge is -2.24. The maximum atomic E-state index is 12.4. The number of rotatable bonds is 6. The van der Waals surface area contributed by atoms with Gasteiger partial charge in [0.15, 0.2) is 0 Å². The Morgan fingerprint density at radius 3 is 2.40 bits per heavy atom. The van der Waals surface area contributed by atoms with Crippen molar-refractivity contribution in [2.24, 2.45) is 5.73 Å². The van der Waals surface area contributed by atoms with E-state index < -0.39 is 6.04 Å². The lowest BCUT2D eigenvalue weighted by Crippen LogP contribution is -2.45. The van der Waals surface area contributed by atoms with E-state index >= 15 is 0 Å². The molecular weight excluding hydrogens is 338 g/mol. The Morgan fingerprint density at radius 1 is 1.08 bits per heavy atom. The average Bonchev–Trinajstić information content (AvgIpc) is 2.86. The molecule has 1 aromatic carbocycles. The van der Waals surface area contributed by atoms with Gasteiger partial charge >= 0.3 is 0 Å². The Labute approximate surface area is 157 Å². The van der Waals surface area contributed by atoms with Gasteiger partial charge in [-0.1, -0.05) is 43.7 Å². The van der Waals surface area contributed by atoms with E-state index in [1.165, 1.54) is 5.56 Å². The fourth-order valence-corrected chi connectivity index (χ4v) is 3.11. The standard InChI is InChI=1S/C19H29N3O2.ClH/c1-2-7-17(20)19(24)22-13-6-12-21(14-15-22)18(23)11-10-16-8-4-3-5-9-16;/h3-5,8-9,17H,2,6-7,10-15,20H2,1H3;1H. The first-order valence-electron chi connectivity index (χ1n) is 8.98. The van der Waals surface area contributed by atoms with Crippen LogP contribution in [0.4, 0.5) is 0 Å². The number of nitrogens with zero attached hydrogens (tertiary/aromatic N) is 2. The summed E-state index contributed by atoms with van der Waals surface area (Å²) in [5.41, 5.74) is 7.13. The van der Waals surface area contributed by atoms with E-state index in [0.29, 0.717) is 26.1 Å². The van der Waals surface area contributed by atoms with Crippen LogP contribution >= 0.6 is 12.4 Å². The van der Waals surface area contributed by atoms with Crippen molar-refractivity contribution in [3.63, 3.8) is 0 Å². The van der Waals surface area contributed by atoms with Crippen molar-refractivity contribution in [1.82, 2.24) is 9.80 Å². The number of carbonyl (C=O) groups is 2. The monoisotopic (exact) mass is 367 g/mol. The van der Waals surface area contributed by atoms with Gasteiger partial charge in [0, 0.05) is 32.6 Å². The number of amides is 2. The molecule has 2 rings (SSSR count). The van der Waals surface area contributed by atoms with Crippen molar-refractivity contribution in [1.29, 1.82) is 0 Å². The zero-order valence-corrected chi connectivity index (χ0v) is 15.8. The molecule has 0 aliphatic carbocycles. The van der Waals surface area contributed by atoms with Gasteiger partial charge in [0.05, 0.1) is 6.04 Å². The fraction of sp³-hybridized carbons (Fsp3) is 0.579. The van der Waals surface area contributed by atoms with Crippen LogP contribution in [0.2, 0.25) is 0 Å². The lowest BCUT2D eigenvalue weighted by molar-refractivity contribution is -0.134. The summed E-state index contributed by atoms with van der Waals surface area (Å²) in [6.07, 6.45) is 3.73. The zero-order chi connectivity index (χ0) is 17.4. The first kappa shape index (κ1) is 21.5. The number of carbonyl (C=O) groups excluding carboxylic acids is 2. The molecule has 0 radical (unpaired) electrons. The molecule has 0 saturated carbocycles. The Morgan fingerprint density at radius 2 is 1.72 bits per heavy atom. The SMILES string of the molecule is CCCC(N)C(=O)N1CCCN(C(=O)CCc2ccccc2)CC1.Cl. The summed E-state index contributed by atoms with van der Waals surface area (Å²) >= 11 is 0. The molecule has 1 unspecified atom stereocenters. The first-order chi connectivity index (χ1) is 11.6. The summed E-state index contributed by atoms with van der Waals surface area (Å²) in [4.78, 5) is 28.5. The topological polar surface area (TPSA) is 66.6 Å². The fourth-order valence-electron chi connectivity index (χ4n) is 3.11. The molecule has 1 saturated heterocycles. The van der Waals surface area contributed by atoms with Gasteiger partial charge < -0.3 is 15.5 Å². The van der Waals surface area contributed by atoms with Gasteiger partial charge in [-0.25, -0.2) is 0 Å². The number of benzene rings is 1. The Hall–Kier alpha value is -1.59. The van der Waals surface area contributed by atoms with E-state index in [-0.39, 0.29) is 24.2 Å². The molecule has 1 atom stereocenters. The molecule has 6 heteroatoms. The summed E-state index contributed by atoms with van der Waals surface area (Å²) in [5.74, 6) is 0.196. The molecule has 5 nitrogen and oxygen atoms in total. The predicted molar refractivity (Wildman–Crippen MR) is 103 cm³/mol. The van der Waals surface area contributed by atoms with Crippen LogP contribution in [0.15, 0.2) is 30.3 Å². The van der Waals surface area contributed by atoms with Crippen LogP contribution in [0.25, 0.3) is 0 Å². The van der Waals surface area contributed by atoms with Crippen LogP contribution in [0, 0.1) is 0 Å². The molecule has 0 aromatic heterocycles. The summed E-state index contributed by atoms with van der Waals surface area (Å²) in [7, 11) is 0. The van der Waals surface area contributed by atoms with Gasteiger partial charge in [0.1, 0.15) is 0 Å². The van der Waals surface area contributed by atoms with Gasteiger partial charge in [-0.2, -0.15) is 0 Å². The minimum atomic E-state index is -0.407. The average molecular weight is 368 g/mol. The van der Waals surface area contributed by atoms with Crippen LogP contribution in [-0.2, 0) is 16.0 Å². The molecule has 140 valence electrons. The second kappa shape index (κ2) is 11.1. The Balaban J connectivity index is 0.00000312. The second-order valence-corrected chi connectivity index (χ2v) is 6.44. The van der Waals surface area contributed by atoms with Gasteiger partial charge in [-0.05, 0) is 24.8 Å². The minimum absolute atomic E-state index is 0. The maximum absolute atomic E-state index is 12.4. The van der Waals surface area contributed by atoms with Crippen molar-refractivity contribution in [3.05, 3.63) is 35.9 Å². The molecule has 2 N–H and O–H groups in total. The van der Waals surface area contributed by atoms with Crippen LogP contribution < -0.4 is 5.73 Å². The van der Waals surface area contributed by atoms with Crippen molar-refractivity contribution in [2.45, 2.75) is 45.1 Å². The van der Waals surface area contributed by atoms with E-state index in [4.69, 9.17) is 5.73 Å². The predicted octanol–water partition coefficient (Wildman–Crippen LogP) is 2.23. The van der Waals surface area contributed by atoms with Gasteiger partial charge in [0.2, 0.25) is 11.8 Å². The quantitative estimate of drug-likeness (QED) is 0.838. The van der Waals surface area contributed by atoms with Crippen molar-refractivity contribution >= 4 is 24.2 Å². The van der Waals surface area contributed by atoms with Crippen LogP contribution in [0.3, 0.4) is 0 Å². The van der Waals surface area contributed by atoms with Crippen molar-refractivity contribution in [2.75, 3.05) is 26.2 Å². The minimum Gasteiger partial charge on any atom is -0.341 e. The van der Waals surface area contributed by atoms with E-state index in [1.54, 1.807) is 0 Å². The molecule has 1 aliphatic rings. The number of hydrogen-bond donors (Lipinski definition) is 1. The highest BCUT2D eigenvalue weighted by molar-refractivity contribution is 5.85. The third kappa shape index (κ3) is 6.67. The van der Waals surface area contributed by atoms with E-state index in [0.717, 1.165) is 32.2 Å². The highest BCUT2D eigenvalue weighted by Gasteiger charge is 2.24. The highest BCUT2D eigenvalue weighted by Crippen LogP contribution is 2.10. The summed E-state index contributed by atoms with van der Waals surface area (Å²) in [5, 5.41) is 0. The Bertz CT molecular complexity index is 539. The second-order valence-electron chi connectivity index (χ2n) is 6.44. The highest BCUT2D eigenvalue weighted by atomic mass is 35.5. The lowest BCUT2D eigenvalue weighted by atomic mass is 10.1. The van der Waals surface area contributed by atoms with Crippen LogP contribution in [0.1, 0.15) is 38.2 Å². The molecular formula is C19H30ClN3O2. The van der Waals surface area contributed by atoms with Gasteiger partial charge in [0.25, 0.3) is 0 Å². The number of halogens is 1. The zero-order valence-electron chi connectivity index (χ0n) is 15.0. The first-order valence-corrected chi connectivity index (χ1v) is 8.98. The molecule has 2 amide bonds. The molecule has 1 heterocycles. The van der Waals surface area contributed by atoms with E-state index in [2.05, 4.69) is 0 Å². The third-order valence-corrected chi connectivity index (χ3v) is 4.55. The number of aryl methyl sites for hydroxylation is 1. The van der Waals surface area contributed by atoms with Crippen molar-refractivity contribution in [3.8, 4) is 0 Å². The summed E-state index contributed by atoms with van der Waals surface area (Å²) in [6.45, 7) is 4.65. The molecule has 1 aliphatic heterocycles. The molecule has 0 bridgehead atoms. The third-order valence-electron chi connectivity index (χ3n) is 4.55. The summed E-state index contributed by atoms with van der Waals surface area (Å²) < 4.78 is 0. The Kier molecular flexibility index (Phi) is 9.53.